The summed E-state index contributed by atoms with van der Waals surface area (Å²) in [5.74, 6) is 1.91. The number of methoxy groups -OCH3 is 3. The minimum Gasteiger partial charge on any atom is -0.493 e. The van der Waals surface area contributed by atoms with Crippen LogP contribution in [0.1, 0.15) is 22.8 Å². The van der Waals surface area contributed by atoms with Crippen molar-refractivity contribution in [1.29, 1.82) is 0 Å². The fourth-order valence-corrected chi connectivity index (χ4v) is 3.15. The van der Waals surface area contributed by atoms with E-state index in [0.29, 0.717) is 48.3 Å². The number of rotatable bonds is 12. The molecule has 0 saturated heterocycles. The first kappa shape index (κ1) is 24.3. The third-order valence-corrected chi connectivity index (χ3v) is 4.56. The number of carbonyl (C=O) groups excluding carboxylic acids is 1. The topological polar surface area (TPSA) is 86.7 Å². The fourth-order valence-electron chi connectivity index (χ4n) is 3.15. The highest BCUT2D eigenvalue weighted by Crippen LogP contribution is 2.40. The van der Waals surface area contributed by atoms with Crippen LogP contribution in [0.4, 0.5) is 0 Å². The summed E-state index contributed by atoms with van der Waals surface area (Å²) in [6.07, 6.45) is -0.708. The van der Waals surface area contributed by atoms with Crippen molar-refractivity contribution in [2.45, 2.75) is 19.6 Å². The Morgan fingerprint density at radius 2 is 1.68 bits per heavy atom. The van der Waals surface area contributed by atoms with Gasteiger partial charge >= 0.3 is 5.97 Å². The number of aliphatic hydroxyl groups is 1. The molecule has 0 fully saturated rings. The van der Waals surface area contributed by atoms with Crippen LogP contribution in [0.3, 0.4) is 0 Å². The number of benzene rings is 2. The predicted molar refractivity (Wildman–Crippen MR) is 116 cm³/mol. The van der Waals surface area contributed by atoms with Gasteiger partial charge in [-0.3, -0.25) is 4.90 Å². The van der Waals surface area contributed by atoms with E-state index in [1.54, 1.807) is 52.5 Å². The number of hydrogen-bond donors (Lipinski definition) is 1. The average molecular weight is 434 g/mol. The van der Waals surface area contributed by atoms with Crippen molar-refractivity contribution in [3.63, 3.8) is 0 Å². The SMILES string of the molecule is CCOC(=O)c1ccc(OCC(O)CN(C)Cc2ccc(OC)c(OC)c2OC)cc1. The highest BCUT2D eigenvalue weighted by atomic mass is 16.5. The van der Waals surface area contributed by atoms with Gasteiger partial charge in [0, 0.05) is 18.7 Å². The van der Waals surface area contributed by atoms with Crippen LogP contribution in [0.2, 0.25) is 0 Å². The second-order valence-electron chi connectivity index (χ2n) is 6.90. The molecule has 0 aromatic heterocycles. The van der Waals surface area contributed by atoms with Crippen molar-refractivity contribution < 1.29 is 33.6 Å². The van der Waals surface area contributed by atoms with E-state index in [1.807, 2.05) is 24.1 Å². The van der Waals surface area contributed by atoms with Gasteiger partial charge in [-0.2, -0.15) is 0 Å². The first-order chi connectivity index (χ1) is 14.9. The van der Waals surface area contributed by atoms with Crippen molar-refractivity contribution >= 4 is 5.97 Å². The van der Waals surface area contributed by atoms with Crippen LogP contribution in [-0.4, -0.2) is 70.2 Å². The zero-order chi connectivity index (χ0) is 22.8. The smallest absolute Gasteiger partial charge is 0.338 e. The Labute approximate surface area is 183 Å². The minimum absolute atomic E-state index is 0.117. The molecule has 31 heavy (non-hydrogen) atoms. The van der Waals surface area contributed by atoms with Crippen molar-refractivity contribution in [2.75, 3.05) is 48.1 Å². The van der Waals surface area contributed by atoms with Gasteiger partial charge in [-0.1, -0.05) is 6.07 Å². The molecule has 2 aromatic rings. The molecule has 1 unspecified atom stereocenters. The molecule has 0 amide bonds. The summed E-state index contributed by atoms with van der Waals surface area (Å²) in [5, 5.41) is 10.4. The maximum atomic E-state index is 11.7. The number of hydrogen-bond acceptors (Lipinski definition) is 8. The van der Waals surface area contributed by atoms with Gasteiger partial charge in [-0.25, -0.2) is 4.79 Å². The first-order valence-corrected chi connectivity index (χ1v) is 9.97. The third-order valence-electron chi connectivity index (χ3n) is 4.56. The summed E-state index contributed by atoms with van der Waals surface area (Å²) in [5.41, 5.74) is 1.36. The van der Waals surface area contributed by atoms with Crippen LogP contribution in [0, 0.1) is 0 Å². The van der Waals surface area contributed by atoms with Crippen LogP contribution >= 0.6 is 0 Å². The molecule has 0 spiro atoms. The van der Waals surface area contributed by atoms with Gasteiger partial charge in [0.2, 0.25) is 5.75 Å². The quantitative estimate of drug-likeness (QED) is 0.512. The molecule has 0 aliphatic rings. The molecule has 0 bridgehead atoms. The van der Waals surface area contributed by atoms with Crippen LogP contribution < -0.4 is 18.9 Å². The van der Waals surface area contributed by atoms with Gasteiger partial charge in [0.15, 0.2) is 11.5 Å². The van der Waals surface area contributed by atoms with E-state index in [1.165, 1.54) is 0 Å². The van der Waals surface area contributed by atoms with Crippen LogP contribution in [-0.2, 0) is 11.3 Å². The molecule has 0 saturated carbocycles. The van der Waals surface area contributed by atoms with Gasteiger partial charge in [0.05, 0.1) is 33.5 Å². The molecule has 1 N–H and O–H groups in total. The maximum Gasteiger partial charge on any atom is 0.338 e. The van der Waals surface area contributed by atoms with Gasteiger partial charge in [0.25, 0.3) is 0 Å². The van der Waals surface area contributed by atoms with E-state index >= 15 is 0 Å². The summed E-state index contributed by atoms with van der Waals surface area (Å²) < 4.78 is 26.8. The fraction of sp³-hybridized carbons (Fsp3) is 0.435. The summed E-state index contributed by atoms with van der Waals surface area (Å²) in [6.45, 7) is 3.13. The highest BCUT2D eigenvalue weighted by molar-refractivity contribution is 5.89. The normalized spacial score (nSPS) is 11.7. The summed E-state index contributed by atoms with van der Waals surface area (Å²) in [4.78, 5) is 13.6. The predicted octanol–water partition coefficient (Wildman–Crippen LogP) is 2.76. The molecular weight excluding hydrogens is 402 g/mol. The Balaban J connectivity index is 1.90. The number of aliphatic hydroxyl groups excluding tert-OH is 1. The van der Waals surface area contributed by atoms with Crippen LogP contribution in [0.25, 0.3) is 0 Å². The Bertz CT molecular complexity index is 839. The van der Waals surface area contributed by atoms with Crippen LogP contribution in [0.15, 0.2) is 36.4 Å². The van der Waals surface area contributed by atoms with E-state index in [9.17, 15) is 9.90 Å². The Morgan fingerprint density at radius 3 is 2.26 bits per heavy atom. The van der Waals surface area contributed by atoms with Gasteiger partial charge in [0.1, 0.15) is 18.5 Å². The second kappa shape index (κ2) is 12.0. The summed E-state index contributed by atoms with van der Waals surface area (Å²) >= 11 is 0. The number of carbonyl (C=O) groups is 1. The summed E-state index contributed by atoms with van der Waals surface area (Å²) in [7, 11) is 6.61. The molecular formula is C23H31NO7. The lowest BCUT2D eigenvalue weighted by Crippen LogP contribution is -2.32. The second-order valence-corrected chi connectivity index (χ2v) is 6.90. The number of esters is 1. The Morgan fingerprint density at radius 1 is 1.00 bits per heavy atom. The largest absolute Gasteiger partial charge is 0.493 e. The molecule has 170 valence electrons. The molecule has 8 nitrogen and oxygen atoms in total. The standard InChI is InChI=1S/C23H31NO7/c1-6-30-23(26)16-7-10-19(11-8-16)31-15-18(25)14-24(2)13-17-9-12-20(27-3)22(29-5)21(17)28-4/h7-12,18,25H,6,13-15H2,1-5H3. The van der Waals surface area contributed by atoms with E-state index in [-0.39, 0.29) is 12.6 Å². The minimum atomic E-state index is -0.708. The Kier molecular flexibility index (Phi) is 9.42. The summed E-state index contributed by atoms with van der Waals surface area (Å²) in [6, 6.07) is 10.4. The third kappa shape index (κ3) is 6.77. The Hall–Kier alpha value is -2.97. The van der Waals surface area contributed by atoms with Crippen molar-refractivity contribution in [1.82, 2.24) is 4.90 Å². The van der Waals surface area contributed by atoms with E-state index in [4.69, 9.17) is 23.7 Å². The lowest BCUT2D eigenvalue weighted by atomic mass is 10.1. The van der Waals surface area contributed by atoms with Crippen molar-refractivity contribution in [2.24, 2.45) is 0 Å². The molecule has 0 heterocycles. The van der Waals surface area contributed by atoms with E-state index < -0.39 is 6.10 Å². The lowest BCUT2D eigenvalue weighted by molar-refractivity contribution is 0.0525. The van der Waals surface area contributed by atoms with Crippen molar-refractivity contribution in [3.8, 4) is 23.0 Å². The van der Waals surface area contributed by atoms with E-state index in [0.717, 1.165) is 5.56 Å². The van der Waals surface area contributed by atoms with Gasteiger partial charge in [-0.15, -0.1) is 0 Å². The first-order valence-electron chi connectivity index (χ1n) is 9.97. The molecule has 1 atom stereocenters. The van der Waals surface area contributed by atoms with E-state index in [2.05, 4.69) is 0 Å². The number of ether oxygens (including phenoxy) is 5. The molecule has 2 aromatic carbocycles. The lowest BCUT2D eigenvalue weighted by Gasteiger charge is -2.23. The number of likely N-dealkylation sites (N-methyl/N-ethyl adjacent to an activating group) is 1. The molecule has 2 rings (SSSR count). The molecule has 0 radical (unpaired) electrons. The molecule has 8 heteroatoms. The number of nitrogens with zero attached hydrogens (tertiary/aromatic N) is 1. The van der Waals surface area contributed by atoms with Crippen molar-refractivity contribution in [3.05, 3.63) is 47.5 Å². The van der Waals surface area contributed by atoms with Gasteiger partial charge in [-0.05, 0) is 44.3 Å². The van der Waals surface area contributed by atoms with Crippen LogP contribution in [0.5, 0.6) is 23.0 Å². The highest BCUT2D eigenvalue weighted by Gasteiger charge is 2.18. The maximum absolute atomic E-state index is 11.7. The monoisotopic (exact) mass is 433 g/mol. The average Bonchev–Trinajstić information content (AvgIpc) is 2.77. The molecule has 0 aliphatic heterocycles. The molecule has 0 aliphatic carbocycles. The van der Waals surface area contributed by atoms with Gasteiger partial charge < -0.3 is 28.8 Å². The zero-order valence-corrected chi connectivity index (χ0v) is 18.7. The zero-order valence-electron chi connectivity index (χ0n) is 18.7.